The van der Waals surface area contributed by atoms with E-state index in [2.05, 4.69) is 46.7 Å². The molecule has 2 aromatic heterocycles. The van der Waals surface area contributed by atoms with Crippen molar-refractivity contribution in [2.75, 3.05) is 5.32 Å². The standard InChI is InChI=1S/C24H25N5O2/c1-17-5-4-6-20(14-17)15-28-12-10-23(27-28)25-24(30)21-9-11-29(26-21)16-31-22-8-7-18(2)13-19(22)3/h4-14H,15-16H2,1-3H3,(H,25,27,30). The second kappa shape index (κ2) is 8.87. The summed E-state index contributed by atoms with van der Waals surface area (Å²) in [6.07, 6.45) is 3.56. The molecular weight excluding hydrogens is 390 g/mol. The van der Waals surface area contributed by atoms with Crippen molar-refractivity contribution in [3.8, 4) is 5.75 Å². The van der Waals surface area contributed by atoms with Gasteiger partial charge in [-0.25, -0.2) is 4.68 Å². The maximum Gasteiger partial charge on any atom is 0.277 e. The second-order valence-electron chi connectivity index (χ2n) is 7.62. The molecule has 0 unspecified atom stereocenters. The Labute approximate surface area is 181 Å². The first kappa shape index (κ1) is 20.4. The van der Waals surface area contributed by atoms with Gasteiger partial charge in [0.25, 0.3) is 5.91 Å². The summed E-state index contributed by atoms with van der Waals surface area (Å²) < 4.78 is 9.19. The molecule has 0 spiro atoms. The maximum atomic E-state index is 12.5. The Balaban J connectivity index is 1.34. The van der Waals surface area contributed by atoms with Gasteiger partial charge in [-0.2, -0.15) is 10.2 Å². The molecule has 0 aliphatic rings. The Hall–Kier alpha value is -3.87. The predicted octanol–water partition coefficient (Wildman–Crippen LogP) is 4.34. The number of ether oxygens (including phenoxy) is 1. The fraction of sp³-hybridized carbons (Fsp3) is 0.208. The fourth-order valence-corrected chi connectivity index (χ4v) is 3.35. The van der Waals surface area contributed by atoms with Gasteiger partial charge in [-0.3, -0.25) is 9.48 Å². The number of hydrogen-bond acceptors (Lipinski definition) is 4. The Kier molecular flexibility index (Phi) is 5.84. The number of carbonyl (C=O) groups excluding carboxylic acids is 1. The van der Waals surface area contributed by atoms with E-state index < -0.39 is 0 Å². The number of anilines is 1. The predicted molar refractivity (Wildman–Crippen MR) is 119 cm³/mol. The highest BCUT2D eigenvalue weighted by Gasteiger charge is 2.12. The average molecular weight is 415 g/mol. The third kappa shape index (κ3) is 5.19. The molecule has 31 heavy (non-hydrogen) atoms. The van der Waals surface area contributed by atoms with Crippen molar-refractivity contribution in [2.24, 2.45) is 0 Å². The van der Waals surface area contributed by atoms with Gasteiger partial charge in [0.05, 0.1) is 6.54 Å². The van der Waals surface area contributed by atoms with Crippen LogP contribution in [-0.4, -0.2) is 25.5 Å². The van der Waals surface area contributed by atoms with Gasteiger partial charge in [0.1, 0.15) is 5.75 Å². The number of rotatable bonds is 7. The number of amides is 1. The van der Waals surface area contributed by atoms with Crippen LogP contribution in [0.15, 0.2) is 67.0 Å². The lowest BCUT2D eigenvalue weighted by atomic mass is 10.1. The largest absolute Gasteiger partial charge is 0.471 e. The number of nitrogens with zero attached hydrogens (tertiary/aromatic N) is 4. The van der Waals surface area contributed by atoms with E-state index in [0.29, 0.717) is 18.1 Å². The van der Waals surface area contributed by atoms with Crippen molar-refractivity contribution in [1.82, 2.24) is 19.6 Å². The lowest BCUT2D eigenvalue weighted by molar-refractivity contribution is 0.101. The molecule has 0 radical (unpaired) electrons. The zero-order valence-corrected chi connectivity index (χ0v) is 17.9. The number of aryl methyl sites for hydroxylation is 3. The molecule has 1 N–H and O–H groups in total. The van der Waals surface area contributed by atoms with E-state index in [1.807, 2.05) is 38.2 Å². The molecule has 158 valence electrons. The Morgan fingerprint density at radius 2 is 1.74 bits per heavy atom. The van der Waals surface area contributed by atoms with Gasteiger partial charge in [0.15, 0.2) is 18.2 Å². The first-order valence-corrected chi connectivity index (χ1v) is 10.1. The van der Waals surface area contributed by atoms with Gasteiger partial charge >= 0.3 is 0 Å². The molecule has 0 saturated heterocycles. The number of benzene rings is 2. The van der Waals surface area contributed by atoms with Gasteiger partial charge < -0.3 is 10.1 Å². The van der Waals surface area contributed by atoms with Crippen LogP contribution in [0.2, 0.25) is 0 Å². The van der Waals surface area contributed by atoms with Crippen molar-refractivity contribution in [2.45, 2.75) is 34.0 Å². The molecule has 4 aromatic rings. The minimum absolute atomic E-state index is 0.225. The fourth-order valence-electron chi connectivity index (χ4n) is 3.35. The van der Waals surface area contributed by atoms with Crippen LogP contribution in [0.25, 0.3) is 0 Å². The molecule has 0 aliphatic heterocycles. The zero-order chi connectivity index (χ0) is 21.8. The first-order valence-electron chi connectivity index (χ1n) is 10.1. The summed E-state index contributed by atoms with van der Waals surface area (Å²) in [6, 6.07) is 17.7. The second-order valence-corrected chi connectivity index (χ2v) is 7.62. The van der Waals surface area contributed by atoms with Crippen LogP contribution < -0.4 is 10.1 Å². The van der Waals surface area contributed by atoms with E-state index in [-0.39, 0.29) is 12.6 Å². The first-order chi connectivity index (χ1) is 15.0. The molecule has 2 aromatic carbocycles. The average Bonchev–Trinajstić information content (AvgIpc) is 3.37. The number of aromatic nitrogens is 4. The minimum atomic E-state index is -0.314. The summed E-state index contributed by atoms with van der Waals surface area (Å²) in [4.78, 5) is 12.5. The van der Waals surface area contributed by atoms with Gasteiger partial charge in [-0.1, -0.05) is 47.5 Å². The van der Waals surface area contributed by atoms with E-state index in [1.165, 1.54) is 11.1 Å². The van der Waals surface area contributed by atoms with Crippen LogP contribution in [0, 0.1) is 20.8 Å². The van der Waals surface area contributed by atoms with Crippen molar-refractivity contribution >= 4 is 11.7 Å². The van der Waals surface area contributed by atoms with Crippen molar-refractivity contribution in [3.63, 3.8) is 0 Å². The number of nitrogens with one attached hydrogen (secondary N) is 1. The van der Waals surface area contributed by atoms with E-state index in [9.17, 15) is 4.79 Å². The lowest BCUT2D eigenvalue weighted by Gasteiger charge is -2.09. The molecule has 0 bridgehead atoms. The van der Waals surface area contributed by atoms with Gasteiger partial charge in [-0.15, -0.1) is 0 Å². The van der Waals surface area contributed by atoms with Gasteiger partial charge in [0.2, 0.25) is 0 Å². The van der Waals surface area contributed by atoms with E-state index in [4.69, 9.17) is 4.74 Å². The molecule has 0 saturated carbocycles. The monoisotopic (exact) mass is 415 g/mol. The highest BCUT2D eigenvalue weighted by molar-refractivity contribution is 6.02. The highest BCUT2D eigenvalue weighted by Crippen LogP contribution is 2.19. The Bertz CT molecular complexity index is 1210. The number of hydrogen-bond donors (Lipinski definition) is 1. The van der Waals surface area contributed by atoms with Crippen LogP contribution in [0.4, 0.5) is 5.82 Å². The van der Waals surface area contributed by atoms with Crippen LogP contribution in [0.3, 0.4) is 0 Å². The summed E-state index contributed by atoms with van der Waals surface area (Å²) in [7, 11) is 0. The topological polar surface area (TPSA) is 74.0 Å². The third-order valence-electron chi connectivity index (χ3n) is 4.87. The van der Waals surface area contributed by atoms with Crippen LogP contribution >= 0.6 is 0 Å². The Morgan fingerprint density at radius 3 is 2.55 bits per heavy atom. The summed E-state index contributed by atoms with van der Waals surface area (Å²) in [5, 5.41) is 11.5. The molecule has 7 heteroatoms. The SMILES string of the molecule is Cc1cccc(Cn2ccc(NC(=O)c3ccn(COc4ccc(C)cc4C)n3)n2)c1. The third-order valence-corrected chi connectivity index (χ3v) is 4.87. The molecule has 0 fully saturated rings. The molecular formula is C24H25N5O2. The normalized spacial score (nSPS) is 10.8. The Morgan fingerprint density at radius 1 is 0.935 bits per heavy atom. The molecule has 0 aliphatic carbocycles. The maximum absolute atomic E-state index is 12.5. The van der Waals surface area contributed by atoms with E-state index in [1.54, 1.807) is 27.7 Å². The summed E-state index contributed by atoms with van der Waals surface area (Å²) in [5.74, 6) is 0.969. The molecule has 0 atom stereocenters. The smallest absolute Gasteiger partial charge is 0.277 e. The zero-order valence-electron chi connectivity index (χ0n) is 17.9. The van der Waals surface area contributed by atoms with E-state index >= 15 is 0 Å². The summed E-state index contributed by atoms with van der Waals surface area (Å²) in [5.41, 5.74) is 4.91. The van der Waals surface area contributed by atoms with Crippen LogP contribution in [0.1, 0.15) is 32.7 Å². The van der Waals surface area contributed by atoms with Crippen LogP contribution in [-0.2, 0) is 13.3 Å². The molecule has 1 amide bonds. The quantitative estimate of drug-likeness (QED) is 0.487. The lowest BCUT2D eigenvalue weighted by Crippen LogP contribution is -2.15. The molecule has 4 rings (SSSR count). The van der Waals surface area contributed by atoms with Crippen molar-refractivity contribution in [3.05, 3.63) is 94.9 Å². The van der Waals surface area contributed by atoms with E-state index in [0.717, 1.165) is 16.9 Å². The van der Waals surface area contributed by atoms with Crippen molar-refractivity contribution < 1.29 is 9.53 Å². The summed E-state index contributed by atoms with van der Waals surface area (Å²) in [6.45, 7) is 6.97. The van der Waals surface area contributed by atoms with Crippen LogP contribution in [0.5, 0.6) is 5.75 Å². The number of carbonyl (C=O) groups is 1. The summed E-state index contributed by atoms with van der Waals surface area (Å²) >= 11 is 0. The molecule has 7 nitrogen and oxygen atoms in total. The van der Waals surface area contributed by atoms with Gasteiger partial charge in [0, 0.05) is 18.5 Å². The molecule has 2 heterocycles. The highest BCUT2D eigenvalue weighted by atomic mass is 16.5. The van der Waals surface area contributed by atoms with Crippen molar-refractivity contribution in [1.29, 1.82) is 0 Å². The van der Waals surface area contributed by atoms with Gasteiger partial charge in [-0.05, 0) is 44.0 Å². The minimum Gasteiger partial charge on any atom is -0.471 e.